The van der Waals surface area contributed by atoms with Crippen molar-refractivity contribution in [3.05, 3.63) is 0 Å². The summed E-state index contributed by atoms with van der Waals surface area (Å²) in [6.45, 7) is 67.2. The van der Waals surface area contributed by atoms with Gasteiger partial charge in [0.1, 0.15) is 39.7 Å². The minimum absolute atomic E-state index is 0.123. The van der Waals surface area contributed by atoms with Crippen molar-refractivity contribution in [2.45, 2.75) is 391 Å². The van der Waals surface area contributed by atoms with Gasteiger partial charge in [-0.05, 0) is 172 Å². The standard InChI is InChI=1S/C12H25F.2C11H23F.2C10H21F.2C8H17F/c1-7-8-12(6,13)11(9(2)3)10(4)5;1-7-11(6,12)10(8(2)3)9(4)5;1-6-9-11(5,12)10(4,7-2)8-3;1-6-9(4,7-2)10(5,11)8-3;1-5-8-10(4,11)9(6-2)7-3;1-6(2)8(5,9)7(3)4;1-4-6-8(3,9)7-5-2/h9-11H,7-8H2,1-6H3;8-10H,7H2,1-6H3;6-9H2,1-5H3;6-8H2,1-5H3;9H,5-8H2,1-4H3;6-7H,1-5H3;4-7H2,1-3H3. The van der Waals surface area contributed by atoms with Crippen LogP contribution in [0.25, 0.3) is 0 Å². The van der Waals surface area contributed by atoms with E-state index in [1.54, 1.807) is 48.5 Å². The average Bonchev–Trinajstić information content (AvgIpc) is 3.28. The molecule has 0 rings (SSSR count). The van der Waals surface area contributed by atoms with Crippen LogP contribution in [0.3, 0.4) is 0 Å². The number of hydrogen-bond acceptors (Lipinski definition) is 0. The summed E-state index contributed by atoms with van der Waals surface area (Å²) < 4.78 is 96.4. The second-order valence-electron chi connectivity index (χ2n) is 27.6. The molecular formula is C70H147F7. The van der Waals surface area contributed by atoms with Gasteiger partial charge in [0.15, 0.2) is 0 Å². The quantitative estimate of drug-likeness (QED) is 0.0655. The maximum atomic E-state index is 14.3. The zero-order valence-electron chi connectivity index (χ0n) is 59.1. The van der Waals surface area contributed by atoms with Crippen molar-refractivity contribution in [2.24, 2.45) is 64.1 Å². The van der Waals surface area contributed by atoms with Gasteiger partial charge in [-0.3, -0.25) is 0 Å². The predicted octanol–water partition coefficient (Wildman–Crippen LogP) is 27.1. The van der Waals surface area contributed by atoms with Crippen LogP contribution in [0.2, 0.25) is 0 Å². The third-order valence-electron chi connectivity index (χ3n) is 19.1. The molecule has 0 aromatic carbocycles. The van der Waals surface area contributed by atoms with E-state index in [-0.39, 0.29) is 40.4 Å². The number of halogens is 7. The molecule has 0 amide bonds. The smallest absolute Gasteiger partial charge is 0.113 e. The Morgan fingerprint density at radius 1 is 0.286 bits per heavy atom. The third-order valence-corrected chi connectivity index (χ3v) is 19.1. The summed E-state index contributed by atoms with van der Waals surface area (Å²) in [4.78, 5) is 0. The zero-order chi connectivity index (χ0) is 63.4. The fourth-order valence-electron chi connectivity index (χ4n) is 12.1. The van der Waals surface area contributed by atoms with E-state index in [0.717, 1.165) is 70.6 Å². The van der Waals surface area contributed by atoms with Crippen LogP contribution >= 0.6 is 0 Å². The molecule has 476 valence electrons. The van der Waals surface area contributed by atoms with E-state index in [2.05, 4.69) is 111 Å². The van der Waals surface area contributed by atoms with E-state index in [9.17, 15) is 30.7 Å². The lowest BCUT2D eigenvalue weighted by molar-refractivity contribution is 0.00460. The van der Waals surface area contributed by atoms with Gasteiger partial charge < -0.3 is 0 Å². The van der Waals surface area contributed by atoms with Gasteiger partial charge in [0, 0.05) is 10.8 Å². The van der Waals surface area contributed by atoms with E-state index in [1.165, 1.54) is 0 Å². The zero-order valence-corrected chi connectivity index (χ0v) is 59.1. The minimum Gasteiger partial charge on any atom is -0.244 e. The first-order valence-electron chi connectivity index (χ1n) is 32.4. The van der Waals surface area contributed by atoms with Crippen LogP contribution in [-0.4, -0.2) is 39.7 Å². The molecule has 0 aliphatic carbocycles. The molecule has 0 spiro atoms. The van der Waals surface area contributed by atoms with Gasteiger partial charge >= 0.3 is 0 Å². The molecule has 5 atom stereocenters. The molecule has 5 unspecified atom stereocenters. The average molecular weight is 1120 g/mol. The summed E-state index contributed by atoms with van der Waals surface area (Å²) in [7, 11) is 0. The van der Waals surface area contributed by atoms with Crippen LogP contribution in [0.4, 0.5) is 30.7 Å². The van der Waals surface area contributed by atoms with Crippen LogP contribution in [0.15, 0.2) is 0 Å². The minimum atomic E-state index is -1.00. The van der Waals surface area contributed by atoms with Gasteiger partial charge in [0.05, 0.1) is 0 Å². The van der Waals surface area contributed by atoms with Crippen LogP contribution in [0, 0.1) is 64.1 Å². The van der Waals surface area contributed by atoms with Gasteiger partial charge in [-0.2, -0.15) is 0 Å². The van der Waals surface area contributed by atoms with Crippen LogP contribution in [0.1, 0.15) is 351 Å². The normalized spacial score (nSPS) is 16.3. The van der Waals surface area contributed by atoms with Gasteiger partial charge in [-0.1, -0.05) is 232 Å². The molecule has 0 N–H and O–H groups in total. The highest BCUT2D eigenvalue weighted by atomic mass is 19.2. The fraction of sp³-hybridized carbons (Fsp3) is 1.00. The van der Waals surface area contributed by atoms with Crippen molar-refractivity contribution in [2.75, 3.05) is 0 Å². The van der Waals surface area contributed by atoms with Crippen molar-refractivity contribution in [1.82, 2.24) is 0 Å². The van der Waals surface area contributed by atoms with E-state index in [1.807, 2.05) is 76.2 Å². The molecule has 0 aromatic heterocycles. The van der Waals surface area contributed by atoms with Crippen LogP contribution < -0.4 is 0 Å². The Morgan fingerprint density at radius 3 is 0.714 bits per heavy atom. The molecule has 0 nitrogen and oxygen atoms in total. The molecule has 0 aliphatic rings. The maximum Gasteiger partial charge on any atom is 0.113 e. The summed E-state index contributed by atoms with van der Waals surface area (Å²) in [6.07, 6.45) is 15.1. The number of hydrogen-bond donors (Lipinski definition) is 0. The lowest BCUT2D eigenvalue weighted by Crippen LogP contribution is -2.39. The molecular weight excluding hydrogens is 974 g/mol. The van der Waals surface area contributed by atoms with E-state index < -0.39 is 39.7 Å². The van der Waals surface area contributed by atoms with E-state index in [4.69, 9.17) is 0 Å². The Kier molecular flexibility index (Phi) is 50.7. The number of alkyl halides is 7. The predicted molar refractivity (Wildman–Crippen MR) is 339 cm³/mol. The molecule has 0 saturated heterocycles. The van der Waals surface area contributed by atoms with E-state index in [0.29, 0.717) is 68.6 Å². The van der Waals surface area contributed by atoms with Gasteiger partial charge in [0.25, 0.3) is 0 Å². The van der Waals surface area contributed by atoms with Crippen LogP contribution in [-0.2, 0) is 0 Å². The molecule has 7 heteroatoms. The highest BCUT2D eigenvalue weighted by molar-refractivity contribution is 4.92. The van der Waals surface area contributed by atoms with Crippen molar-refractivity contribution < 1.29 is 30.7 Å². The molecule has 0 fully saturated rings. The van der Waals surface area contributed by atoms with Crippen molar-refractivity contribution in [3.8, 4) is 0 Å². The summed E-state index contributed by atoms with van der Waals surface area (Å²) in [5.41, 5.74) is -7.09. The summed E-state index contributed by atoms with van der Waals surface area (Å²) >= 11 is 0. The topological polar surface area (TPSA) is 0 Å². The second-order valence-corrected chi connectivity index (χ2v) is 27.6. The third kappa shape index (κ3) is 36.7. The fourth-order valence-corrected chi connectivity index (χ4v) is 12.1. The first-order chi connectivity index (χ1) is 34.6. The molecule has 0 aliphatic heterocycles. The molecule has 0 radical (unpaired) electrons. The van der Waals surface area contributed by atoms with E-state index >= 15 is 0 Å². The van der Waals surface area contributed by atoms with Gasteiger partial charge in [0.2, 0.25) is 0 Å². The Morgan fingerprint density at radius 2 is 0.545 bits per heavy atom. The Bertz CT molecular complexity index is 1260. The maximum absolute atomic E-state index is 14.3. The molecule has 0 heterocycles. The van der Waals surface area contributed by atoms with Crippen molar-refractivity contribution in [1.29, 1.82) is 0 Å². The SMILES string of the molecule is CC(C)C(C)(F)C(C)C.CCC(C)(F)C(C(C)C)C(C)C.CCC(C)(F)C(C)(CC)CC.CCCC(C)(F)C(C(C)C)C(C)C.CCCC(C)(F)C(C)(CC)CC.CCCC(C)(F)C(CC)CC.CCCC(C)(F)CCC. The van der Waals surface area contributed by atoms with Gasteiger partial charge in [-0.15, -0.1) is 0 Å². The Balaban J connectivity index is -0.000000149. The molecule has 0 saturated carbocycles. The van der Waals surface area contributed by atoms with Gasteiger partial charge in [-0.25, -0.2) is 30.7 Å². The lowest BCUT2D eigenvalue weighted by atomic mass is 9.70. The Hall–Kier alpha value is -0.490. The largest absolute Gasteiger partial charge is 0.244 e. The summed E-state index contributed by atoms with van der Waals surface area (Å²) in [6, 6.07) is 0. The first-order valence-corrected chi connectivity index (χ1v) is 32.4. The highest BCUT2D eigenvalue weighted by Gasteiger charge is 2.43. The Labute approximate surface area is 483 Å². The number of rotatable bonds is 29. The molecule has 77 heavy (non-hydrogen) atoms. The second kappa shape index (κ2) is 43.2. The summed E-state index contributed by atoms with van der Waals surface area (Å²) in [5, 5.41) is 0. The lowest BCUT2D eigenvalue weighted by Gasteiger charge is -2.39. The van der Waals surface area contributed by atoms with Crippen molar-refractivity contribution in [3.63, 3.8) is 0 Å². The first kappa shape index (κ1) is 90.3. The van der Waals surface area contributed by atoms with Crippen molar-refractivity contribution >= 4 is 0 Å². The molecule has 0 aromatic rings. The highest BCUT2D eigenvalue weighted by Crippen LogP contribution is 2.45. The summed E-state index contributed by atoms with van der Waals surface area (Å²) in [5.74, 6) is 2.59. The molecule has 0 bridgehead atoms. The monoisotopic (exact) mass is 1120 g/mol. The van der Waals surface area contributed by atoms with Crippen LogP contribution in [0.5, 0.6) is 0 Å².